The van der Waals surface area contributed by atoms with Crippen LogP contribution in [0.4, 0.5) is 11.9 Å². The minimum atomic E-state index is 0.0409. The van der Waals surface area contributed by atoms with E-state index in [-0.39, 0.29) is 24.3 Å². The molecule has 1 atom stereocenters. The van der Waals surface area contributed by atoms with Gasteiger partial charge in [-0.15, -0.1) is 0 Å². The van der Waals surface area contributed by atoms with Crippen molar-refractivity contribution in [3.8, 4) is 5.75 Å². The fourth-order valence-electron chi connectivity index (χ4n) is 2.78. The number of nitrogens with zero attached hydrogens (tertiary/aromatic N) is 4. The molecule has 1 aliphatic carbocycles. The first-order valence-corrected chi connectivity index (χ1v) is 7.90. The Balaban J connectivity index is 1.88. The van der Waals surface area contributed by atoms with Gasteiger partial charge in [0.05, 0.1) is 5.56 Å². The topological polar surface area (TPSA) is 94.2 Å². The Morgan fingerprint density at radius 3 is 2.79 bits per heavy atom. The van der Waals surface area contributed by atoms with E-state index in [9.17, 15) is 4.79 Å². The number of carbonyl (C=O) groups excluding carboxylic acids is 1. The molecule has 2 N–H and O–H groups in total. The lowest BCUT2D eigenvalue weighted by Gasteiger charge is -2.14. The first-order chi connectivity index (χ1) is 11.4. The number of fused-ring (bicyclic) bond motifs is 1. The summed E-state index contributed by atoms with van der Waals surface area (Å²) in [5.74, 6) is 1.60. The molecule has 0 bridgehead atoms. The average Bonchev–Trinajstić information content (AvgIpc) is 2.82. The normalized spacial score (nSPS) is 16.2. The number of aromatic nitrogens is 3. The van der Waals surface area contributed by atoms with Crippen molar-refractivity contribution >= 4 is 29.3 Å². The number of halogens is 1. The lowest BCUT2D eigenvalue weighted by Crippen LogP contribution is -2.17. The van der Waals surface area contributed by atoms with Gasteiger partial charge in [0.25, 0.3) is 0 Å². The monoisotopic (exact) mass is 347 g/mol. The molecular weight excluding hydrogens is 330 g/mol. The summed E-state index contributed by atoms with van der Waals surface area (Å²) in [5.41, 5.74) is 7.11. The summed E-state index contributed by atoms with van der Waals surface area (Å²) in [4.78, 5) is 26.4. The van der Waals surface area contributed by atoms with Crippen LogP contribution in [0.5, 0.6) is 5.75 Å². The Morgan fingerprint density at radius 2 is 2.08 bits per heavy atom. The number of benzene rings is 1. The molecule has 126 valence electrons. The summed E-state index contributed by atoms with van der Waals surface area (Å²) in [6.07, 6.45) is 0.443. The van der Waals surface area contributed by atoms with Gasteiger partial charge in [-0.3, -0.25) is 4.79 Å². The molecule has 1 heterocycles. The lowest BCUT2D eigenvalue weighted by molar-refractivity contribution is 0.0986. The number of hydrogen-bond donors (Lipinski definition) is 1. The van der Waals surface area contributed by atoms with Crippen LogP contribution in [0, 0.1) is 0 Å². The van der Waals surface area contributed by atoms with Crippen molar-refractivity contribution in [2.75, 3.05) is 24.7 Å². The van der Waals surface area contributed by atoms with Crippen molar-refractivity contribution in [3.05, 3.63) is 34.1 Å². The molecule has 0 fully saturated rings. The molecule has 24 heavy (non-hydrogen) atoms. The Kier molecular flexibility index (Phi) is 4.28. The Bertz CT molecular complexity index is 809. The maximum absolute atomic E-state index is 12.3. The fraction of sp³-hybridized carbons (Fsp3) is 0.375. The number of ketones is 1. The predicted molar refractivity (Wildman–Crippen MR) is 91.7 cm³/mol. The van der Waals surface area contributed by atoms with Crippen LogP contribution in [0.15, 0.2) is 12.1 Å². The highest BCUT2D eigenvalue weighted by molar-refractivity contribution is 6.32. The van der Waals surface area contributed by atoms with Crippen molar-refractivity contribution in [2.45, 2.75) is 25.9 Å². The van der Waals surface area contributed by atoms with Crippen molar-refractivity contribution in [2.24, 2.45) is 0 Å². The average molecular weight is 348 g/mol. The molecule has 1 aromatic heterocycles. The first kappa shape index (κ1) is 16.4. The molecule has 0 radical (unpaired) electrons. The Labute approximate surface area is 144 Å². The molecule has 0 spiro atoms. The van der Waals surface area contributed by atoms with E-state index < -0.39 is 0 Å². The summed E-state index contributed by atoms with van der Waals surface area (Å²) >= 11 is 6.23. The third-order valence-corrected chi connectivity index (χ3v) is 4.19. The molecule has 8 heteroatoms. The van der Waals surface area contributed by atoms with Crippen molar-refractivity contribution in [1.82, 2.24) is 15.0 Å². The molecule has 7 nitrogen and oxygen atoms in total. The second-order valence-corrected chi connectivity index (χ2v) is 6.36. The second kappa shape index (κ2) is 6.24. The molecule has 0 saturated carbocycles. The second-order valence-electron chi connectivity index (χ2n) is 5.96. The number of rotatable bonds is 4. The SMILES string of the molecule is C[C@H]1CC(=O)c2c(OCc3nc(N)nc(N(C)C)n3)ccc(Cl)c21. The quantitative estimate of drug-likeness (QED) is 0.907. The van der Waals surface area contributed by atoms with Gasteiger partial charge in [-0.2, -0.15) is 15.0 Å². The number of Topliss-reactive ketones (excluding diaryl/α,β-unsaturated/α-hetero) is 1. The smallest absolute Gasteiger partial charge is 0.230 e. The van der Waals surface area contributed by atoms with Gasteiger partial charge < -0.3 is 15.4 Å². The zero-order chi connectivity index (χ0) is 17.4. The maximum Gasteiger partial charge on any atom is 0.230 e. The zero-order valence-corrected chi connectivity index (χ0v) is 14.5. The molecule has 1 aliphatic rings. The molecule has 3 rings (SSSR count). The molecule has 2 aromatic rings. The third kappa shape index (κ3) is 2.99. The maximum atomic E-state index is 12.3. The van der Waals surface area contributed by atoms with Gasteiger partial charge in [0, 0.05) is 25.5 Å². The van der Waals surface area contributed by atoms with Gasteiger partial charge in [0.2, 0.25) is 11.9 Å². The van der Waals surface area contributed by atoms with E-state index in [1.807, 2.05) is 21.0 Å². The molecule has 0 aliphatic heterocycles. The van der Waals surface area contributed by atoms with Crippen LogP contribution in [0.2, 0.25) is 5.02 Å². The van der Waals surface area contributed by atoms with Crippen LogP contribution in [-0.2, 0) is 6.61 Å². The van der Waals surface area contributed by atoms with E-state index >= 15 is 0 Å². The Morgan fingerprint density at radius 1 is 1.33 bits per heavy atom. The minimum Gasteiger partial charge on any atom is -0.485 e. The van der Waals surface area contributed by atoms with E-state index in [0.717, 1.165) is 5.56 Å². The van der Waals surface area contributed by atoms with Crippen LogP contribution < -0.4 is 15.4 Å². The highest BCUT2D eigenvalue weighted by Crippen LogP contribution is 2.42. The minimum absolute atomic E-state index is 0.0409. The standard InChI is InChI=1S/C16H18ClN5O2/c1-8-6-10(23)14-11(5-4-9(17)13(8)14)24-7-12-19-15(18)21-16(20-12)22(2)3/h4-5,8H,6-7H2,1-3H3,(H2,18,19,20,21)/t8-/m0/s1. The van der Waals surface area contributed by atoms with Crippen LogP contribution in [0.3, 0.4) is 0 Å². The fourth-order valence-corrected chi connectivity index (χ4v) is 3.12. The molecular formula is C16H18ClN5O2. The highest BCUT2D eigenvalue weighted by Gasteiger charge is 2.31. The number of nitrogens with two attached hydrogens (primary N) is 1. The van der Waals surface area contributed by atoms with Gasteiger partial charge >= 0.3 is 0 Å². The molecule has 0 amide bonds. The van der Waals surface area contributed by atoms with Gasteiger partial charge in [0.1, 0.15) is 12.4 Å². The highest BCUT2D eigenvalue weighted by atomic mass is 35.5. The van der Waals surface area contributed by atoms with Crippen LogP contribution in [0.1, 0.15) is 41.0 Å². The third-order valence-electron chi connectivity index (χ3n) is 3.86. The van der Waals surface area contributed by atoms with E-state index in [4.69, 9.17) is 22.1 Å². The van der Waals surface area contributed by atoms with Crippen molar-refractivity contribution in [1.29, 1.82) is 0 Å². The zero-order valence-electron chi connectivity index (χ0n) is 13.7. The van der Waals surface area contributed by atoms with Gasteiger partial charge in [0.15, 0.2) is 11.6 Å². The largest absolute Gasteiger partial charge is 0.485 e. The van der Waals surface area contributed by atoms with Crippen LogP contribution >= 0.6 is 11.6 Å². The van der Waals surface area contributed by atoms with Gasteiger partial charge in [-0.25, -0.2) is 0 Å². The molecule has 1 aromatic carbocycles. The van der Waals surface area contributed by atoms with Gasteiger partial charge in [-0.05, 0) is 23.6 Å². The number of carbonyl (C=O) groups is 1. The number of anilines is 2. The number of hydrogen-bond acceptors (Lipinski definition) is 7. The van der Waals surface area contributed by atoms with E-state index in [1.54, 1.807) is 17.0 Å². The van der Waals surface area contributed by atoms with Crippen LogP contribution in [-0.4, -0.2) is 34.8 Å². The summed E-state index contributed by atoms with van der Waals surface area (Å²) in [5, 5.41) is 0.593. The summed E-state index contributed by atoms with van der Waals surface area (Å²) in [6.45, 7) is 2.07. The molecule has 0 unspecified atom stereocenters. The van der Waals surface area contributed by atoms with E-state index in [0.29, 0.717) is 34.5 Å². The first-order valence-electron chi connectivity index (χ1n) is 7.53. The molecule has 0 saturated heterocycles. The van der Waals surface area contributed by atoms with Gasteiger partial charge in [-0.1, -0.05) is 18.5 Å². The summed E-state index contributed by atoms with van der Waals surface area (Å²) < 4.78 is 5.79. The Hall–Kier alpha value is -2.41. The number of nitrogen functional groups attached to an aromatic ring is 1. The summed E-state index contributed by atoms with van der Waals surface area (Å²) in [6, 6.07) is 3.45. The van der Waals surface area contributed by atoms with E-state index in [2.05, 4.69) is 15.0 Å². The van der Waals surface area contributed by atoms with Crippen LogP contribution in [0.25, 0.3) is 0 Å². The predicted octanol–water partition coefficient (Wildman–Crippen LogP) is 2.44. The van der Waals surface area contributed by atoms with Crippen molar-refractivity contribution < 1.29 is 9.53 Å². The number of ether oxygens (including phenoxy) is 1. The van der Waals surface area contributed by atoms with Crippen molar-refractivity contribution in [3.63, 3.8) is 0 Å². The lowest BCUT2D eigenvalue weighted by atomic mass is 10.0. The summed E-state index contributed by atoms with van der Waals surface area (Å²) in [7, 11) is 3.62. The van der Waals surface area contributed by atoms with E-state index in [1.165, 1.54) is 0 Å².